The average Bonchev–Trinajstić information content (AvgIpc) is 2.82. The van der Waals surface area contributed by atoms with Crippen LogP contribution in [0.15, 0.2) is 0 Å². The van der Waals surface area contributed by atoms with Crippen LogP contribution in [0.3, 0.4) is 0 Å². The van der Waals surface area contributed by atoms with Gasteiger partial charge in [0.05, 0.1) is 0 Å². The summed E-state index contributed by atoms with van der Waals surface area (Å²) in [6, 6.07) is 1.75. The van der Waals surface area contributed by atoms with Crippen molar-refractivity contribution in [2.75, 3.05) is 19.6 Å². The molecule has 3 fully saturated rings. The highest BCUT2D eigenvalue weighted by Crippen LogP contribution is 2.34. The summed E-state index contributed by atoms with van der Waals surface area (Å²) in [5, 5.41) is 3.74. The predicted molar refractivity (Wildman–Crippen MR) is 58.3 cm³/mol. The molecule has 3 heterocycles. The van der Waals surface area contributed by atoms with Crippen LogP contribution in [-0.4, -0.2) is 36.6 Å². The third-order valence-corrected chi connectivity index (χ3v) is 4.43. The molecule has 0 aromatic heterocycles. The Morgan fingerprint density at radius 1 is 1.29 bits per heavy atom. The van der Waals surface area contributed by atoms with Gasteiger partial charge in [-0.25, -0.2) is 0 Å². The highest BCUT2D eigenvalue weighted by Gasteiger charge is 2.39. The van der Waals surface area contributed by atoms with Crippen molar-refractivity contribution in [3.05, 3.63) is 0 Å². The molecule has 2 nitrogen and oxygen atoms in total. The van der Waals surface area contributed by atoms with Crippen LogP contribution in [0, 0.1) is 11.8 Å². The lowest BCUT2D eigenvalue weighted by molar-refractivity contribution is 0.244. The van der Waals surface area contributed by atoms with E-state index in [2.05, 4.69) is 17.1 Å². The molecule has 3 rings (SSSR count). The molecule has 0 spiro atoms. The lowest BCUT2D eigenvalue weighted by atomic mass is 9.89. The maximum atomic E-state index is 3.74. The summed E-state index contributed by atoms with van der Waals surface area (Å²) in [7, 11) is 0. The fraction of sp³-hybridized carbons (Fsp3) is 1.00. The summed E-state index contributed by atoms with van der Waals surface area (Å²) in [6.45, 7) is 6.47. The summed E-state index contributed by atoms with van der Waals surface area (Å²) in [6.07, 6.45) is 5.76. The molecule has 0 amide bonds. The largest absolute Gasteiger partial charge is 0.311 e. The summed E-state index contributed by atoms with van der Waals surface area (Å²) in [5.74, 6) is 1.92. The molecular weight excluding hydrogens is 172 g/mol. The van der Waals surface area contributed by atoms with Gasteiger partial charge in [-0.2, -0.15) is 0 Å². The van der Waals surface area contributed by atoms with E-state index in [9.17, 15) is 0 Å². The zero-order valence-corrected chi connectivity index (χ0v) is 9.21. The molecule has 0 aromatic rings. The maximum absolute atomic E-state index is 3.74. The molecule has 4 atom stereocenters. The highest BCUT2D eigenvalue weighted by atomic mass is 15.2. The monoisotopic (exact) mass is 194 g/mol. The third-order valence-electron chi connectivity index (χ3n) is 4.43. The van der Waals surface area contributed by atoms with E-state index in [1.165, 1.54) is 45.3 Å². The van der Waals surface area contributed by atoms with E-state index >= 15 is 0 Å². The minimum absolute atomic E-state index is 0.871. The number of nitrogens with zero attached hydrogens (tertiary/aromatic N) is 1. The zero-order valence-electron chi connectivity index (χ0n) is 9.21. The Labute approximate surface area is 87.0 Å². The van der Waals surface area contributed by atoms with Crippen LogP contribution in [0.1, 0.15) is 32.6 Å². The fourth-order valence-corrected chi connectivity index (χ4v) is 3.66. The molecule has 3 saturated heterocycles. The average molecular weight is 194 g/mol. The first-order valence-electron chi connectivity index (χ1n) is 6.29. The van der Waals surface area contributed by atoms with E-state index < -0.39 is 0 Å². The Morgan fingerprint density at radius 2 is 2.21 bits per heavy atom. The number of likely N-dealkylation sites (tertiary alicyclic amines) is 1. The standard InChI is InChI=1S/C12H22N2/c1-9-4-5-14(7-9)8-10-6-11-2-3-12(10)13-11/h9-13H,2-8H2,1H3. The predicted octanol–water partition coefficient (Wildman–Crippen LogP) is 1.47. The van der Waals surface area contributed by atoms with Crippen molar-refractivity contribution in [3.63, 3.8) is 0 Å². The van der Waals surface area contributed by atoms with Gasteiger partial charge in [0.25, 0.3) is 0 Å². The van der Waals surface area contributed by atoms with Crippen molar-refractivity contribution in [1.82, 2.24) is 10.2 Å². The number of hydrogen-bond acceptors (Lipinski definition) is 2. The third kappa shape index (κ3) is 1.59. The Balaban J connectivity index is 1.53. The second-order valence-electron chi connectivity index (χ2n) is 5.70. The SMILES string of the molecule is CC1CCN(CC2CC3CCC2N3)C1. The molecule has 14 heavy (non-hydrogen) atoms. The van der Waals surface area contributed by atoms with Gasteiger partial charge < -0.3 is 10.2 Å². The first-order chi connectivity index (χ1) is 6.81. The van der Waals surface area contributed by atoms with E-state index in [1.807, 2.05) is 0 Å². The summed E-state index contributed by atoms with van der Waals surface area (Å²) < 4.78 is 0. The van der Waals surface area contributed by atoms with Crippen molar-refractivity contribution in [2.24, 2.45) is 11.8 Å². The molecule has 0 saturated carbocycles. The first-order valence-corrected chi connectivity index (χ1v) is 6.29. The van der Waals surface area contributed by atoms with Crippen LogP contribution in [0.5, 0.6) is 0 Å². The van der Waals surface area contributed by atoms with Crippen molar-refractivity contribution >= 4 is 0 Å². The van der Waals surface area contributed by atoms with Gasteiger partial charge in [0, 0.05) is 25.2 Å². The van der Waals surface area contributed by atoms with Crippen LogP contribution in [0.25, 0.3) is 0 Å². The van der Waals surface area contributed by atoms with Gasteiger partial charge in [0.15, 0.2) is 0 Å². The molecule has 0 aromatic carbocycles. The molecule has 0 aliphatic carbocycles. The number of nitrogens with one attached hydrogen (secondary N) is 1. The minimum atomic E-state index is 0.871. The summed E-state index contributed by atoms with van der Waals surface area (Å²) in [5.41, 5.74) is 0. The lowest BCUT2D eigenvalue weighted by Gasteiger charge is -2.25. The Kier molecular flexibility index (Phi) is 2.29. The topological polar surface area (TPSA) is 15.3 Å². The van der Waals surface area contributed by atoms with Gasteiger partial charge in [-0.05, 0) is 44.1 Å². The number of fused-ring (bicyclic) bond motifs is 2. The quantitative estimate of drug-likeness (QED) is 0.716. The Hall–Kier alpha value is -0.0800. The number of rotatable bonds is 2. The zero-order chi connectivity index (χ0) is 9.54. The minimum Gasteiger partial charge on any atom is -0.311 e. The van der Waals surface area contributed by atoms with Crippen molar-refractivity contribution in [3.8, 4) is 0 Å². The molecule has 1 N–H and O–H groups in total. The molecule has 3 aliphatic rings. The lowest BCUT2D eigenvalue weighted by Crippen LogP contribution is -2.33. The van der Waals surface area contributed by atoms with Gasteiger partial charge in [-0.15, -0.1) is 0 Å². The molecule has 2 bridgehead atoms. The molecular formula is C12H22N2. The molecule has 2 heteroatoms. The second-order valence-corrected chi connectivity index (χ2v) is 5.70. The van der Waals surface area contributed by atoms with E-state index in [0.29, 0.717) is 0 Å². The normalized spacial score (nSPS) is 47.8. The van der Waals surface area contributed by atoms with E-state index in [1.54, 1.807) is 0 Å². The van der Waals surface area contributed by atoms with Crippen LogP contribution < -0.4 is 5.32 Å². The van der Waals surface area contributed by atoms with Crippen LogP contribution >= 0.6 is 0 Å². The smallest absolute Gasteiger partial charge is 0.0111 e. The van der Waals surface area contributed by atoms with Gasteiger partial charge in [0.1, 0.15) is 0 Å². The molecule has 3 aliphatic heterocycles. The number of hydrogen-bond donors (Lipinski definition) is 1. The van der Waals surface area contributed by atoms with Gasteiger partial charge in [0.2, 0.25) is 0 Å². The fourth-order valence-electron chi connectivity index (χ4n) is 3.66. The maximum Gasteiger partial charge on any atom is 0.0111 e. The summed E-state index contributed by atoms with van der Waals surface area (Å²) in [4.78, 5) is 2.69. The van der Waals surface area contributed by atoms with Crippen molar-refractivity contribution in [2.45, 2.75) is 44.7 Å². The molecule has 80 valence electrons. The Morgan fingerprint density at radius 3 is 2.79 bits per heavy atom. The first kappa shape index (κ1) is 9.17. The molecule has 4 unspecified atom stereocenters. The van der Waals surface area contributed by atoms with Crippen LogP contribution in [-0.2, 0) is 0 Å². The van der Waals surface area contributed by atoms with Gasteiger partial charge in [-0.3, -0.25) is 0 Å². The second kappa shape index (κ2) is 3.49. The summed E-state index contributed by atoms with van der Waals surface area (Å²) >= 11 is 0. The van der Waals surface area contributed by atoms with E-state index in [-0.39, 0.29) is 0 Å². The Bertz CT molecular complexity index is 216. The van der Waals surface area contributed by atoms with Gasteiger partial charge >= 0.3 is 0 Å². The van der Waals surface area contributed by atoms with Crippen molar-refractivity contribution in [1.29, 1.82) is 0 Å². The van der Waals surface area contributed by atoms with E-state index in [4.69, 9.17) is 0 Å². The van der Waals surface area contributed by atoms with Crippen LogP contribution in [0.2, 0.25) is 0 Å². The highest BCUT2D eigenvalue weighted by molar-refractivity contribution is 4.98. The van der Waals surface area contributed by atoms with Crippen LogP contribution in [0.4, 0.5) is 0 Å². The van der Waals surface area contributed by atoms with Crippen molar-refractivity contribution < 1.29 is 0 Å². The van der Waals surface area contributed by atoms with Gasteiger partial charge in [-0.1, -0.05) is 6.92 Å². The van der Waals surface area contributed by atoms with E-state index in [0.717, 1.165) is 23.9 Å². The molecule has 0 radical (unpaired) electrons.